The van der Waals surface area contributed by atoms with E-state index in [4.69, 9.17) is 4.74 Å². The lowest BCUT2D eigenvalue weighted by Crippen LogP contribution is -2.69. The summed E-state index contributed by atoms with van der Waals surface area (Å²) in [4.78, 5) is 12.2. The second-order valence-corrected chi connectivity index (χ2v) is 6.63. The van der Waals surface area contributed by atoms with Crippen molar-refractivity contribution in [1.29, 1.82) is 0 Å². The molecule has 0 spiro atoms. The van der Waals surface area contributed by atoms with E-state index in [9.17, 15) is 4.79 Å². The molecule has 0 aromatic rings. The average Bonchev–Trinajstić information content (AvgIpc) is 2.25. The average molecular weight is 254 g/mol. The second kappa shape index (κ2) is 4.49. The number of hydrogen-bond donors (Lipinski definition) is 2. The van der Waals surface area contributed by atoms with Crippen LogP contribution in [-0.4, -0.2) is 37.7 Å². The third kappa shape index (κ3) is 1.95. The van der Waals surface area contributed by atoms with Gasteiger partial charge in [-0.15, -0.1) is 0 Å². The number of methoxy groups -OCH3 is 1. The molecule has 0 bridgehead atoms. The Morgan fingerprint density at radius 2 is 2.00 bits per heavy atom. The van der Waals surface area contributed by atoms with Crippen LogP contribution in [0.4, 0.5) is 0 Å². The minimum absolute atomic E-state index is 0.00497. The fourth-order valence-electron chi connectivity index (χ4n) is 2.90. The van der Waals surface area contributed by atoms with Crippen molar-refractivity contribution in [2.75, 3.05) is 20.2 Å². The van der Waals surface area contributed by atoms with E-state index in [1.54, 1.807) is 7.11 Å². The summed E-state index contributed by atoms with van der Waals surface area (Å²) in [6, 6.07) is 0.227. The third-order valence-corrected chi connectivity index (χ3v) is 5.53. The highest BCUT2D eigenvalue weighted by Crippen LogP contribution is 2.51. The molecule has 4 heteroatoms. The van der Waals surface area contributed by atoms with Gasteiger partial charge in [-0.25, -0.2) is 0 Å². The first-order valence-electron chi connectivity index (χ1n) is 6.88. The number of carbonyl (C=O) groups is 1. The lowest BCUT2D eigenvalue weighted by Gasteiger charge is -2.59. The zero-order chi connectivity index (χ0) is 13.6. The van der Waals surface area contributed by atoms with Gasteiger partial charge in [0.1, 0.15) is 0 Å². The van der Waals surface area contributed by atoms with Gasteiger partial charge < -0.3 is 15.4 Å². The smallest absolute Gasteiger partial charge is 0.223 e. The quantitative estimate of drug-likeness (QED) is 0.791. The highest BCUT2D eigenvalue weighted by Gasteiger charge is 2.58. The molecule has 2 aliphatic rings. The Kier molecular flexibility index (Phi) is 3.45. The summed E-state index contributed by atoms with van der Waals surface area (Å²) in [6.45, 7) is 10.4. The number of amides is 1. The lowest BCUT2D eigenvalue weighted by molar-refractivity contribution is -0.183. The van der Waals surface area contributed by atoms with Crippen LogP contribution >= 0.6 is 0 Å². The SMILES string of the molecule is COC1(C)CC(NC(=O)C(C)C2CNC2)C1(C)C. The molecule has 3 unspecified atom stereocenters. The van der Waals surface area contributed by atoms with Crippen LogP contribution in [-0.2, 0) is 9.53 Å². The molecule has 1 amide bonds. The van der Waals surface area contributed by atoms with Gasteiger partial charge in [-0.05, 0) is 32.4 Å². The second-order valence-electron chi connectivity index (χ2n) is 6.63. The maximum Gasteiger partial charge on any atom is 0.223 e. The third-order valence-electron chi connectivity index (χ3n) is 5.53. The van der Waals surface area contributed by atoms with Crippen molar-refractivity contribution in [1.82, 2.24) is 10.6 Å². The van der Waals surface area contributed by atoms with Gasteiger partial charge in [0.15, 0.2) is 0 Å². The Morgan fingerprint density at radius 3 is 2.39 bits per heavy atom. The van der Waals surface area contributed by atoms with Crippen LogP contribution < -0.4 is 10.6 Å². The van der Waals surface area contributed by atoms with Gasteiger partial charge in [-0.3, -0.25) is 4.79 Å². The molecule has 2 fully saturated rings. The highest BCUT2D eigenvalue weighted by atomic mass is 16.5. The Labute approximate surface area is 110 Å². The van der Waals surface area contributed by atoms with E-state index in [1.165, 1.54) is 0 Å². The van der Waals surface area contributed by atoms with Gasteiger partial charge in [-0.1, -0.05) is 20.8 Å². The molecule has 1 saturated carbocycles. The van der Waals surface area contributed by atoms with Crippen LogP contribution in [0.5, 0.6) is 0 Å². The molecule has 3 atom stereocenters. The van der Waals surface area contributed by atoms with Crippen molar-refractivity contribution in [3.63, 3.8) is 0 Å². The molecule has 1 heterocycles. The first-order chi connectivity index (χ1) is 8.32. The first kappa shape index (κ1) is 13.8. The van der Waals surface area contributed by atoms with E-state index in [2.05, 4.69) is 31.4 Å². The minimum atomic E-state index is -0.119. The maximum absolute atomic E-state index is 12.2. The normalized spacial score (nSPS) is 36.4. The fourth-order valence-corrected chi connectivity index (χ4v) is 2.90. The van der Waals surface area contributed by atoms with Crippen molar-refractivity contribution in [2.45, 2.75) is 45.8 Å². The number of hydrogen-bond acceptors (Lipinski definition) is 3. The summed E-state index contributed by atoms with van der Waals surface area (Å²) in [5, 5.41) is 6.42. The Morgan fingerprint density at radius 1 is 1.39 bits per heavy atom. The molecular weight excluding hydrogens is 228 g/mol. The molecule has 0 aromatic heterocycles. The van der Waals surface area contributed by atoms with Gasteiger partial charge in [0, 0.05) is 24.5 Å². The molecule has 2 rings (SSSR count). The number of rotatable bonds is 4. The molecule has 18 heavy (non-hydrogen) atoms. The summed E-state index contributed by atoms with van der Waals surface area (Å²) in [5.74, 6) is 0.802. The molecule has 0 aromatic carbocycles. The van der Waals surface area contributed by atoms with E-state index in [0.29, 0.717) is 5.92 Å². The molecule has 0 radical (unpaired) electrons. The van der Waals surface area contributed by atoms with Gasteiger partial charge in [0.25, 0.3) is 0 Å². The van der Waals surface area contributed by atoms with E-state index in [0.717, 1.165) is 19.5 Å². The largest absolute Gasteiger partial charge is 0.378 e. The van der Waals surface area contributed by atoms with Crippen LogP contribution in [0.15, 0.2) is 0 Å². The van der Waals surface area contributed by atoms with E-state index in [1.807, 2.05) is 6.92 Å². The van der Waals surface area contributed by atoms with Crippen LogP contribution in [0.2, 0.25) is 0 Å². The standard InChI is InChI=1S/C14H26N2O2/c1-9(10-7-15-8-10)12(17)16-11-6-14(4,18-5)13(11,2)3/h9-11,15H,6-8H2,1-5H3,(H,16,17). The molecule has 1 saturated heterocycles. The summed E-state index contributed by atoms with van der Waals surface area (Å²) in [5.41, 5.74) is -0.124. The van der Waals surface area contributed by atoms with Gasteiger partial charge in [-0.2, -0.15) is 0 Å². The zero-order valence-corrected chi connectivity index (χ0v) is 12.2. The molecule has 1 aliphatic carbocycles. The summed E-state index contributed by atoms with van der Waals surface area (Å²) >= 11 is 0. The zero-order valence-electron chi connectivity index (χ0n) is 12.2. The van der Waals surface area contributed by atoms with E-state index in [-0.39, 0.29) is 28.9 Å². The number of ether oxygens (including phenoxy) is 1. The molecule has 104 valence electrons. The van der Waals surface area contributed by atoms with Crippen LogP contribution in [0.1, 0.15) is 34.1 Å². The van der Waals surface area contributed by atoms with Crippen LogP contribution in [0.3, 0.4) is 0 Å². The van der Waals surface area contributed by atoms with Crippen molar-refractivity contribution < 1.29 is 9.53 Å². The van der Waals surface area contributed by atoms with E-state index < -0.39 is 0 Å². The first-order valence-corrected chi connectivity index (χ1v) is 6.88. The minimum Gasteiger partial charge on any atom is -0.378 e. The molecular formula is C14H26N2O2. The van der Waals surface area contributed by atoms with Crippen molar-refractivity contribution in [3.05, 3.63) is 0 Å². The van der Waals surface area contributed by atoms with Gasteiger partial charge in [0.05, 0.1) is 5.60 Å². The van der Waals surface area contributed by atoms with Crippen molar-refractivity contribution in [2.24, 2.45) is 17.3 Å². The number of carbonyl (C=O) groups excluding carboxylic acids is 1. The highest BCUT2D eigenvalue weighted by molar-refractivity contribution is 5.79. The summed E-state index contributed by atoms with van der Waals surface area (Å²) in [6.07, 6.45) is 0.901. The Bertz CT molecular complexity index is 339. The predicted octanol–water partition coefficient (Wildman–Crippen LogP) is 1.16. The molecule has 4 nitrogen and oxygen atoms in total. The van der Waals surface area contributed by atoms with Gasteiger partial charge >= 0.3 is 0 Å². The Hall–Kier alpha value is -0.610. The van der Waals surface area contributed by atoms with Crippen LogP contribution in [0.25, 0.3) is 0 Å². The lowest BCUT2D eigenvalue weighted by atomic mass is 9.55. The monoisotopic (exact) mass is 254 g/mol. The number of nitrogens with one attached hydrogen (secondary N) is 2. The molecule has 1 aliphatic heterocycles. The van der Waals surface area contributed by atoms with E-state index >= 15 is 0 Å². The van der Waals surface area contributed by atoms with Gasteiger partial charge in [0.2, 0.25) is 5.91 Å². The maximum atomic E-state index is 12.2. The van der Waals surface area contributed by atoms with Crippen LogP contribution in [0, 0.1) is 17.3 Å². The van der Waals surface area contributed by atoms with Crippen molar-refractivity contribution in [3.8, 4) is 0 Å². The predicted molar refractivity (Wildman–Crippen MR) is 71.3 cm³/mol. The topological polar surface area (TPSA) is 50.4 Å². The summed E-state index contributed by atoms with van der Waals surface area (Å²) in [7, 11) is 1.75. The van der Waals surface area contributed by atoms with Crippen molar-refractivity contribution >= 4 is 5.91 Å². The Balaban J connectivity index is 1.89. The molecule has 2 N–H and O–H groups in total. The fraction of sp³-hybridized carbons (Fsp3) is 0.929. The summed E-state index contributed by atoms with van der Waals surface area (Å²) < 4.78 is 5.58.